The predicted octanol–water partition coefficient (Wildman–Crippen LogP) is 6.81. The minimum atomic E-state index is -0.566. The van der Waals surface area contributed by atoms with Crippen molar-refractivity contribution in [2.24, 2.45) is 0 Å². The zero-order valence-corrected chi connectivity index (χ0v) is 21.3. The van der Waals surface area contributed by atoms with E-state index in [1.54, 1.807) is 4.68 Å². The van der Waals surface area contributed by atoms with Gasteiger partial charge in [-0.2, -0.15) is 9.78 Å². The van der Waals surface area contributed by atoms with Crippen LogP contribution in [0.4, 0.5) is 5.82 Å². The molecule has 1 aliphatic rings. The molecule has 5 rings (SSSR count). The Kier molecular flexibility index (Phi) is 6.62. The number of halogens is 1. The van der Waals surface area contributed by atoms with Gasteiger partial charge >= 0.3 is 0 Å². The lowest BCUT2D eigenvalue weighted by Gasteiger charge is -2.28. The summed E-state index contributed by atoms with van der Waals surface area (Å²) in [7, 11) is 0. The highest BCUT2D eigenvalue weighted by Crippen LogP contribution is 2.42. The smallest absolute Gasteiger partial charge is 0.236 e. The Morgan fingerprint density at radius 2 is 1.86 bits per heavy atom. The van der Waals surface area contributed by atoms with Crippen molar-refractivity contribution in [2.75, 3.05) is 11.9 Å². The van der Waals surface area contributed by atoms with Crippen LogP contribution in [-0.2, 0) is 10.2 Å². The maximum atomic E-state index is 13.7. The normalized spacial score (nSPS) is 14.7. The van der Waals surface area contributed by atoms with Crippen molar-refractivity contribution in [1.29, 1.82) is 0 Å². The lowest BCUT2D eigenvalue weighted by atomic mass is 9.78. The summed E-state index contributed by atoms with van der Waals surface area (Å²) in [4.78, 5) is 18.5. The summed E-state index contributed by atoms with van der Waals surface area (Å²) in [5.74, 6) is 1.45. The molecule has 1 amide bonds. The van der Waals surface area contributed by atoms with Gasteiger partial charge in [-0.3, -0.25) is 4.79 Å². The second-order valence-electron chi connectivity index (χ2n) is 8.81. The van der Waals surface area contributed by atoms with Gasteiger partial charge in [-0.15, -0.1) is 11.3 Å². The molecular formula is C27H27ClN4O2S. The van der Waals surface area contributed by atoms with Gasteiger partial charge in [0, 0.05) is 22.0 Å². The molecule has 0 bridgehead atoms. The number of benzene rings is 2. The highest BCUT2D eigenvalue weighted by atomic mass is 35.5. The van der Waals surface area contributed by atoms with E-state index in [1.807, 2.05) is 73.8 Å². The summed E-state index contributed by atoms with van der Waals surface area (Å²) in [5.41, 5.74) is 3.10. The molecule has 1 fully saturated rings. The Morgan fingerprint density at radius 3 is 2.54 bits per heavy atom. The Morgan fingerprint density at radius 1 is 1.14 bits per heavy atom. The molecule has 0 unspecified atom stereocenters. The number of ether oxygens (including phenoxy) is 1. The third-order valence-corrected chi connectivity index (χ3v) is 7.56. The van der Waals surface area contributed by atoms with Crippen molar-refractivity contribution in [2.45, 2.75) is 44.9 Å². The molecule has 2 heterocycles. The van der Waals surface area contributed by atoms with Crippen molar-refractivity contribution >= 4 is 34.7 Å². The van der Waals surface area contributed by atoms with Gasteiger partial charge in [-0.05, 0) is 68.7 Å². The number of anilines is 1. The van der Waals surface area contributed by atoms with Crippen LogP contribution in [0.15, 0.2) is 60.0 Å². The van der Waals surface area contributed by atoms with Crippen molar-refractivity contribution in [1.82, 2.24) is 14.8 Å². The number of aryl methyl sites for hydroxylation is 1. The van der Waals surface area contributed by atoms with Crippen LogP contribution in [0.5, 0.6) is 5.75 Å². The van der Waals surface area contributed by atoms with Gasteiger partial charge in [-0.1, -0.05) is 36.6 Å². The van der Waals surface area contributed by atoms with E-state index >= 15 is 0 Å². The number of nitrogens with zero attached hydrogens (tertiary/aromatic N) is 3. The maximum Gasteiger partial charge on any atom is 0.236 e. The van der Waals surface area contributed by atoms with Crippen molar-refractivity contribution in [3.05, 3.63) is 76.3 Å². The van der Waals surface area contributed by atoms with E-state index < -0.39 is 5.41 Å². The predicted molar refractivity (Wildman–Crippen MR) is 141 cm³/mol. The average Bonchev–Trinajstić information content (AvgIpc) is 3.61. The van der Waals surface area contributed by atoms with E-state index in [9.17, 15) is 4.79 Å². The standard InChI is InChI=1S/C27H27ClN4O2S/c1-3-34-22-12-6-19(7-13-22)23-17-35-26(29-23)32-24(16-18(2)31-32)30-25(33)27(14-4-5-15-27)20-8-10-21(28)11-9-20/h6-13,16-17H,3-5,14-15H2,1-2H3,(H,30,33). The molecule has 0 atom stereocenters. The fourth-order valence-corrected chi connectivity index (χ4v) is 5.67. The number of aromatic nitrogens is 3. The van der Waals surface area contributed by atoms with Crippen LogP contribution in [-0.4, -0.2) is 27.3 Å². The zero-order valence-electron chi connectivity index (χ0n) is 19.8. The Hall–Kier alpha value is -3.16. The highest BCUT2D eigenvalue weighted by Gasteiger charge is 2.43. The highest BCUT2D eigenvalue weighted by molar-refractivity contribution is 7.12. The number of thiazole rings is 1. The SMILES string of the molecule is CCOc1ccc(-c2csc(-n3nc(C)cc3NC(=O)C3(c4ccc(Cl)cc4)CCCC3)n2)cc1. The van der Waals surface area contributed by atoms with Gasteiger partial charge in [0.25, 0.3) is 0 Å². The number of nitrogens with one attached hydrogen (secondary N) is 1. The Balaban J connectivity index is 1.42. The van der Waals surface area contributed by atoms with Gasteiger partial charge in [0.15, 0.2) is 0 Å². The van der Waals surface area contributed by atoms with E-state index in [-0.39, 0.29) is 5.91 Å². The van der Waals surface area contributed by atoms with E-state index in [0.717, 1.165) is 53.9 Å². The van der Waals surface area contributed by atoms with Gasteiger partial charge < -0.3 is 10.1 Å². The first kappa shape index (κ1) is 23.6. The van der Waals surface area contributed by atoms with Gasteiger partial charge in [0.1, 0.15) is 11.6 Å². The largest absolute Gasteiger partial charge is 0.494 e. The van der Waals surface area contributed by atoms with Crippen LogP contribution >= 0.6 is 22.9 Å². The quantitative estimate of drug-likeness (QED) is 0.299. The number of carbonyl (C=O) groups excluding carboxylic acids is 1. The zero-order chi connectivity index (χ0) is 24.4. The molecule has 0 radical (unpaired) electrons. The van der Waals surface area contributed by atoms with E-state index in [1.165, 1.54) is 11.3 Å². The molecule has 35 heavy (non-hydrogen) atoms. The van der Waals surface area contributed by atoms with Crippen LogP contribution < -0.4 is 10.1 Å². The lowest BCUT2D eigenvalue weighted by molar-refractivity contribution is -0.121. The summed E-state index contributed by atoms with van der Waals surface area (Å²) >= 11 is 7.60. The molecular weight excluding hydrogens is 480 g/mol. The summed E-state index contributed by atoms with van der Waals surface area (Å²) in [6, 6.07) is 17.4. The second-order valence-corrected chi connectivity index (χ2v) is 10.1. The first-order chi connectivity index (χ1) is 17.0. The third-order valence-electron chi connectivity index (χ3n) is 6.50. The Labute approximate surface area is 213 Å². The summed E-state index contributed by atoms with van der Waals surface area (Å²) in [5, 5.41) is 11.2. The van der Waals surface area contributed by atoms with Crippen LogP contribution in [0.1, 0.15) is 43.9 Å². The molecule has 1 aliphatic carbocycles. The fourth-order valence-electron chi connectivity index (χ4n) is 4.75. The number of carbonyl (C=O) groups is 1. The third kappa shape index (κ3) is 4.70. The van der Waals surface area contributed by atoms with Crippen molar-refractivity contribution in [3.63, 3.8) is 0 Å². The molecule has 180 valence electrons. The molecule has 6 nitrogen and oxygen atoms in total. The van der Waals surface area contributed by atoms with E-state index in [0.29, 0.717) is 22.6 Å². The molecule has 0 aliphatic heterocycles. The summed E-state index contributed by atoms with van der Waals surface area (Å²) in [6.45, 7) is 4.51. The first-order valence-corrected chi connectivity index (χ1v) is 13.1. The lowest BCUT2D eigenvalue weighted by Crippen LogP contribution is -2.38. The molecule has 1 saturated carbocycles. The fraction of sp³-hybridized carbons (Fsp3) is 0.296. The van der Waals surface area contributed by atoms with Gasteiger partial charge in [0.05, 0.1) is 23.4 Å². The number of rotatable bonds is 7. The van der Waals surface area contributed by atoms with E-state index in [4.69, 9.17) is 21.3 Å². The summed E-state index contributed by atoms with van der Waals surface area (Å²) < 4.78 is 7.26. The molecule has 2 aromatic carbocycles. The summed E-state index contributed by atoms with van der Waals surface area (Å²) in [6.07, 6.45) is 3.66. The number of amides is 1. The minimum absolute atomic E-state index is 0.0123. The Bertz CT molecular complexity index is 1320. The molecule has 0 saturated heterocycles. The first-order valence-electron chi connectivity index (χ1n) is 11.8. The van der Waals surface area contributed by atoms with Crippen LogP contribution in [0.2, 0.25) is 5.02 Å². The van der Waals surface area contributed by atoms with Crippen LogP contribution in [0, 0.1) is 6.92 Å². The van der Waals surface area contributed by atoms with Gasteiger partial charge in [-0.25, -0.2) is 4.98 Å². The number of hydrogen-bond donors (Lipinski definition) is 1. The topological polar surface area (TPSA) is 69.0 Å². The molecule has 0 spiro atoms. The molecule has 1 N–H and O–H groups in total. The van der Waals surface area contributed by atoms with Crippen molar-refractivity contribution in [3.8, 4) is 22.1 Å². The van der Waals surface area contributed by atoms with Crippen LogP contribution in [0.25, 0.3) is 16.4 Å². The van der Waals surface area contributed by atoms with Crippen LogP contribution in [0.3, 0.4) is 0 Å². The monoisotopic (exact) mass is 506 g/mol. The van der Waals surface area contributed by atoms with Crippen molar-refractivity contribution < 1.29 is 9.53 Å². The minimum Gasteiger partial charge on any atom is -0.494 e. The molecule has 2 aromatic heterocycles. The van der Waals surface area contributed by atoms with Gasteiger partial charge in [0.2, 0.25) is 11.0 Å². The molecule has 4 aromatic rings. The average molecular weight is 507 g/mol. The number of hydrogen-bond acceptors (Lipinski definition) is 5. The molecule has 8 heteroatoms. The van der Waals surface area contributed by atoms with E-state index in [2.05, 4.69) is 10.4 Å². The second kappa shape index (κ2) is 9.84. The maximum absolute atomic E-state index is 13.7.